The fourth-order valence-electron chi connectivity index (χ4n) is 3.87. The van der Waals surface area contributed by atoms with Crippen LogP contribution in [0.2, 0.25) is 0 Å². The molecule has 0 saturated heterocycles. The molecule has 1 aliphatic rings. The Morgan fingerprint density at radius 3 is 2.37 bits per heavy atom. The summed E-state index contributed by atoms with van der Waals surface area (Å²) < 4.78 is 1.74. The number of hydrogen-bond acceptors (Lipinski definition) is 1. The van der Waals surface area contributed by atoms with Crippen molar-refractivity contribution < 1.29 is 0 Å². The van der Waals surface area contributed by atoms with Crippen LogP contribution in [0.15, 0.2) is 48.5 Å². The van der Waals surface area contributed by atoms with Gasteiger partial charge in [0, 0.05) is 18.4 Å². The molecule has 1 aromatic heterocycles. The Hall–Kier alpha value is -1.51. The molecule has 1 fully saturated rings. The van der Waals surface area contributed by atoms with E-state index in [9.17, 15) is 0 Å². The van der Waals surface area contributed by atoms with E-state index in [0.29, 0.717) is 5.92 Å². The van der Waals surface area contributed by atoms with Gasteiger partial charge in [0.2, 0.25) is 0 Å². The van der Waals surface area contributed by atoms with Gasteiger partial charge in [0.05, 0.1) is 11.0 Å². The molecule has 0 amide bonds. The fraction of sp³-hybridized carbons (Fsp3) is 0.435. The average molecular weight is 401 g/mol. The molecule has 2 aromatic carbocycles. The van der Waals surface area contributed by atoms with Gasteiger partial charge in [-0.25, -0.2) is 4.98 Å². The van der Waals surface area contributed by atoms with Crippen LogP contribution in [-0.4, -0.2) is 13.9 Å². The molecule has 2 unspecified atom stereocenters. The zero-order chi connectivity index (χ0) is 19.2. The molecule has 3 aromatic rings. The van der Waals surface area contributed by atoms with Gasteiger partial charge in [-0.05, 0) is 42.0 Å². The molecule has 0 bridgehead atoms. The predicted molar refractivity (Wildman–Crippen MR) is 115 cm³/mol. The highest BCUT2D eigenvalue weighted by molar-refractivity contribution is 6.50. The molecule has 2 atom stereocenters. The summed E-state index contributed by atoms with van der Waals surface area (Å²) in [5, 5.41) is 0. The molecular weight excluding hydrogens is 375 g/mol. The second-order valence-electron chi connectivity index (χ2n) is 8.29. The van der Waals surface area contributed by atoms with E-state index in [4.69, 9.17) is 28.2 Å². The first-order chi connectivity index (χ1) is 12.8. The zero-order valence-corrected chi connectivity index (χ0v) is 17.6. The maximum absolute atomic E-state index is 6.31. The summed E-state index contributed by atoms with van der Waals surface area (Å²) >= 11 is 12.6. The normalized spacial score (nSPS) is 19.6. The average Bonchev–Trinajstić information content (AvgIpc) is 3.07. The summed E-state index contributed by atoms with van der Waals surface area (Å²) in [6.45, 7) is 7.56. The predicted octanol–water partition coefficient (Wildman–Crippen LogP) is 6.58. The molecule has 1 saturated carbocycles. The Kier molecular flexibility index (Phi) is 4.98. The van der Waals surface area contributed by atoms with Gasteiger partial charge < -0.3 is 4.57 Å². The van der Waals surface area contributed by atoms with Crippen LogP contribution in [0.3, 0.4) is 0 Å². The number of hydrogen-bond donors (Lipinski definition) is 0. The number of fused-ring (bicyclic) bond motifs is 1. The molecule has 0 aliphatic heterocycles. The van der Waals surface area contributed by atoms with Crippen LogP contribution >= 0.6 is 23.2 Å². The van der Waals surface area contributed by atoms with Crippen LogP contribution in [0.25, 0.3) is 11.0 Å². The van der Waals surface area contributed by atoms with Gasteiger partial charge in [0.15, 0.2) is 0 Å². The number of halogens is 2. The Bertz CT molecular complexity index is 941. The summed E-state index contributed by atoms with van der Waals surface area (Å²) in [5.41, 5.74) is 4.87. The van der Waals surface area contributed by atoms with E-state index in [2.05, 4.69) is 67.8 Å². The topological polar surface area (TPSA) is 17.8 Å². The van der Waals surface area contributed by atoms with Crippen LogP contribution in [-0.2, 0) is 13.0 Å². The van der Waals surface area contributed by atoms with E-state index in [0.717, 1.165) is 36.2 Å². The first-order valence-corrected chi connectivity index (χ1v) is 10.5. The number of benzene rings is 2. The van der Waals surface area contributed by atoms with Crippen molar-refractivity contribution in [1.82, 2.24) is 9.55 Å². The minimum atomic E-state index is -0.579. The second kappa shape index (κ2) is 7.14. The van der Waals surface area contributed by atoms with Gasteiger partial charge >= 0.3 is 0 Å². The lowest BCUT2D eigenvalue weighted by atomic mass is 9.96. The summed E-state index contributed by atoms with van der Waals surface area (Å²) in [6.07, 6.45) is 1.96. The molecule has 4 rings (SSSR count). The highest BCUT2D eigenvalue weighted by atomic mass is 35.5. The van der Waals surface area contributed by atoms with E-state index in [-0.39, 0.29) is 11.8 Å². The Morgan fingerprint density at radius 1 is 1.07 bits per heavy atom. The summed E-state index contributed by atoms with van der Waals surface area (Å²) in [5.74, 6) is 2.26. The number of para-hydroxylation sites is 2. The Morgan fingerprint density at radius 2 is 1.74 bits per heavy atom. The van der Waals surface area contributed by atoms with Crippen molar-refractivity contribution in [3.63, 3.8) is 0 Å². The van der Waals surface area contributed by atoms with E-state index < -0.39 is 4.33 Å². The first kappa shape index (κ1) is 18.8. The molecular formula is C23H26Cl2N2. The van der Waals surface area contributed by atoms with Crippen LogP contribution in [0, 0.1) is 11.8 Å². The van der Waals surface area contributed by atoms with Crippen molar-refractivity contribution in [2.75, 3.05) is 0 Å². The minimum Gasteiger partial charge on any atom is -0.327 e. The number of aromatic nitrogens is 2. The maximum Gasteiger partial charge on any atom is 0.123 e. The zero-order valence-electron chi connectivity index (χ0n) is 16.1. The Labute approximate surface area is 171 Å². The SMILES string of the molecule is CC(C)Cc1ccc(C(C)c2nc3ccccc3n2CC2CC2(Cl)Cl)cc1. The van der Waals surface area contributed by atoms with Crippen LogP contribution in [0.5, 0.6) is 0 Å². The summed E-state index contributed by atoms with van der Waals surface area (Å²) in [4.78, 5) is 4.97. The molecule has 0 radical (unpaired) electrons. The van der Waals surface area contributed by atoms with Crippen molar-refractivity contribution in [3.8, 4) is 0 Å². The number of alkyl halides is 2. The van der Waals surface area contributed by atoms with Crippen LogP contribution < -0.4 is 0 Å². The van der Waals surface area contributed by atoms with E-state index in [1.54, 1.807) is 0 Å². The number of rotatable bonds is 6. The first-order valence-electron chi connectivity index (χ1n) is 9.77. The molecule has 0 spiro atoms. The highest BCUT2D eigenvalue weighted by Crippen LogP contribution is 2.54. The number of imidazole rings is 1. The third-order valence-corrected chi connectivity index (χ3v) is 6.48. The maximum atomic E-state index is 6.31. The van der Waals surface area contributed by atoms with E-state index in [1.165, 1.54) is 11.1 Å². The molecule has 0 N–H and O–H groups in total. The van der Waals surface area contributed by atoms with Gasteiger partial charge in [-0.3, -0.25) is 0 Å². The monoisotopic (exact) mass is 400 g/mol. The summed E-state index contributed by atoms with van der Waals surface area (Å²) in [7, 11) is 0. The van der Waals surface area contributed by atoms with Crippen molar-refractivity contribution in [1.29, 1.82) is 0 Å². The molecule has 4 heteroatoms. The molecule has 142 valence electrons. The standard InChI is InChI=1S/C23H26Cl2N2/c1-15(2)12-17-8-10-18(11-9-17)16(3)22-26-20-6-4-5-7-21(20)27(22)14-19-13-23(19,24)25/h4-11,15-16,19H,12-14H2,1-3H3. The summed E-state index contributed by atoms with van der Waals surface area (Å²) in [6, 6.07) is 17.3. The van der Waals surface area contributed by atoms with Crippen LogP contribution in [0.1, 0.15) is 50.1 Å². The molecule has 1 heterocycles. The van der Waals surface area contributed by atoms with Gasteiger partial charge in [-0.15, -0.1) is 23.2 Å². The molecule has 1 aliphatic carbocycles. The van der Waals surface area contributed by atoms with Gasteiger partial charge in [-0.1, -0.05) is 57.2 Å². The lowest BCUT2D eigenvalue weighted by Gasteiger charge is -2.16. The number of nitrogens with zero attached hydrogens (tertiary/aromatic N) is 2. The van der Waals surface area contributed by atoms with Crippen molar-refractivity contribution in [2.24, 2.45) is 11.8 Å². The lowest BCUT2D eigenvalue weighted by molar-refractivity contribution is 0.593. The highest BCUT2D eigenvalue weighted by Gasteiger charge is 2.51. The van der Waals surface area contributed by atoms with Gasteiger partial charge in [-0.2, -0.15) is 0 Å². The Balaban J connectivity index is 1.67. The van der Waals surface area contributed by atoms with Gasteiger partial charge in [0.25, 0.3) is 0 Å². The fourth-order valence-corrected chi connectivity index (χ4v) is 4.38. The molecule has 27 heavy (non-hydrogen) atoms. The van der Waals surface area contributed by atoms with E-state index in [1.807, 2.05) is 6.07 Å². The van der Waals surface area contributed by atoms with E-state index >= 15 is 0 Å². The smallest absolute Gasteiger partial charge is 0.123 e. The third-order valence-electron chi connectivity index (χ3n) is 5.55. The minimum absolute atomic E-state index is 0.212. The molecule has 2 nitrogen and oxygen atoms in total. The lowest BCUT2D eigenvalue weighted by Crippen LogP contribution is -2.11. The van der Waals surface area contributed by atoms with Crippen molar-refractivity contribution >= 4 is 34.2 Å². The van der Waals surface area contributed by atoms with Crippen molar-refractivity contribution in [3.05, 3.63) is 65.5 Å². The van der Waals surface area contributed by atoms with Gasteiger partial charge in [0.1, 0.15) is 10.2 Å². The van der Waals surface area contributed by atoms with Crippen molar-refractivity contribution in [2.45, 2.75) is 50.4 Å². The largest absolute Gasteiger partial charge is 0.327 e. The second-order valence-corrected chi connectivity index (χ2v) is 9.84. The van der Waals surface area contributed by atoms with Crippen LogP contribution in [0.4, 0.5) is 0 Å². The quantitative estimate of drug-likeness (QED) is 0.427. The third kappa shape index (κ3) is 3.88.